The molecule has 0 radical (unpaired) electrons. The molecule has 9 nitrogen and oxygen atoms in total. The van der Waals surface area contributed by atoms with Crippen LogP contribution in [-0.2, 0) is 30.3 Å². The molecule has 3 rings (SSSR count). The van der Waals surface area contributed by atoms with Crippen molar-refractivity contribution in [1.82, 2.24) is 0 Å². The molecule has 0 aromatic heterocycles. The second-order valence-corrected chi connectivity index (χ2v) is 7.71. The molecule has 1 aliphatic rings. The lowest BCUT2D eigenvalue weighted by Crippen LogP contribution is -2.41. The van der Waals surface area contributed by atoms with Crippen LogP contribution in [-0.4, -0.2) is 37.2 Å². The second kappa shape index (κ2) is 11.0. The number of nitrogens with zero attached hydrogens (tertiary/aromatic N) is 2. The number of nitrogens with two attached hydrogens (primary N) is 1. The van der Waals surface area contributed by atoms with Crippen molar-refractivity contribution in [3.05, 3.63) is 88.4 Å². The molecule has 0 bridgehead atoms. The molecule has 35 heavy (non-hydrogen) atoms. The van der Waals surface area contributed by atoms with E-state index >= 15 is 0 Å². The Labute approximate surface area is 202 Å². The number of carboxylic acid groups (broad SMARTS) is 1. The zero-order valence-corrected chi connectivity index (χ0v) is 19.4. The lowest BCUT2D eigenvalue weighted by atomic mass is 9.80. The standard InChI is InChI=1S/C26H25N3O6/c1-34-25(32)22-21(17-10-4-3-5-11-17)18(15-27)24(28)29(23(22)26(33)35-2)19-13-7-6-9-16(19)12-8-14-20(30)31/h3-7,9-11,13,21H,8,12,14,28H2,1-2H3,(H,30,31). The molecule has 3 N–H and O–H groups in total. The fourth-order valence-electron chi connectivity index (χ4n) is 4.13. The van der Waals surface area contributed by atoms with Crippen molar-refractivity contribution < 1.29 is 29.0 Å². The molecule has 0 amide bonds. The maximum Gasteiger partial charge on any atom is 0.355 e. The Kier molecular flexibility index (Phi) is 7.89. The molecule has 1 aliphatic heterocycles. The largest absolute Gasteiger partial charge is 0.481 e. The van der Waals surface area contributed by atoms with Crippen molar-refractivity contribution in [3.8, 4) is 6.07 Å². The Hall–Kier alpha value is -4.58. The third-order valence-electron chi connectivity index (χ3n) is 5.68. The first-order valence-corrected chi connectivity index (χ1v) is 10.8. The maximum atomic E-state index is 13.1. The van der Waals surface area contributed by atoms with Gasteiger partial charge in [0.25, 0.3) is 0 Å². The van der Waals surface area contributed by atoms with Crippen LogP contribution < -0.4 is 10.6 Å². The maximum absolute atomic E-state index is 13.1. The number of esters is 2. The van der Waals surface area contributed by atoms with E-state index in [1.807, 2.05) is 0 Å². The normalized spacial score (nSPS) is 15.5. The predicted octanol–water partition coefficient (Wildman–Crippen LogP) is 2.99. The SMILES string of the molecule is COC(=O)C1=C(C(=O)OC)N(c2ccccc2CCCC(=O)O)C(N)=C(C#N)C1c1ccccc1. The second-order valence-electron chi connectivity index (χ2n) is 7.71. The number of carbonyl (C=O) groups is 3. The van der Waals surface area contributed by atoms with E-state index in [-0.39, 0.29) is 29.1 Å². The minimum atomic E-state index is -0.960. The smallest absolute Gasteiger partial charge is 0.355 e. The summed E-state index contributed by atoms with van der Waals surface area (Å²) in [5.74, 6) is -3.59. The van der Waals surface area contributed by atoms with Crippen molar-refractivity contribution >= 4 is 23.6 Å². The average Bonchev–Trinajstić information content (AvgIpc) is 2.87. The quantitative estimate of drug-likeness (QED) is 0.551. The lowest BCUT2D eigenvalue weighted by Gasteiger charge is -2.36. The Morgan fingerprint density at radius 2 is 1.66 bits per heavy atom. The number of benzene rings is 2. The molecule has 1 unspecified atom stereocenters. The van der Waals surface area contributed by atoms with Gasteiger partial charge in [0.1, 0.15) is 11.5 Å². The van der Waals surface area contributed by atoms with Gasteiger partial charge < -0.3 is 20.3 Å². The molecule has 0 fully saturated rings. The Morgan fingerprint density at radius 3 is 2.26 bits per heavy atom. The van der Waals surface area contributed by atoms with Crippen LogP contribution in [0.25, 0.3) is 0 Å². The van der Waals surface area contributed by atoms with Gasteiger partial charge in [0.15, 0.2) is 0 Å². The number of rotatable bonds is 8. The highest BCUT2D eigenvalue weighted by molar-refractivity contribution is 6.06. The van der Waals surface area contributed by atoms with Crippen molar-refractivity contribution in [2.75, 3.05) is 19.1 Å². The minimum absolute atomic E-state index is 0.0416. The van der Waals surface area contributed by atoms with Crippen LogP contribution in [0.1, 0.15) is 29.9 Å². The molecule has 9 heteroatoms. The van der Waals surface area contributed by atoms with E-state index < -0.39 is 23.8 Å². The van der Waals surface area contributed by atoms with E-state index in [0.29, 0.717) is 29.7 Å². The number of methoxy groups -OCH3 is 2. The van der Waals surface area contributed by atoms with Crippen LogP contribution in [0.4, 0.5) is 5.69 Å². The summed E-state index contributed by atoms with van der Waals surface area (Å²) in [5.41, 5.74) is 8.00. The Morgan fingerprint density at radius 1 is 1.03 bits per heavy atom. The average molecular weight is 476 g/mol. The van der Waals surface area contributed by atoms with Crippen LogP contribution in [0.3, 0.4) is 0 Å². The van der Waals surface area contributed by atoms with Crippen LogP contribution >= 0.6 is 0 Å². The van der Waals surface area contributed by atoms with Gasteiger partial charge in [0.05, 0.1) is 43.0 Å². The summed E-state index contributed by atoms with van der Waals surface area (Å²) in [4.78, 5) is 38.6. The minimum Gasteiger partial charge on any atom is -0.481 e. The molecule has 2 aromatic carbocycles. The van der Waals surface area contributed by atoms with Crippen molar-refractivity contribution in [1.29, 1.82) is 5.26 Å². The van der Waals surface area contributed by atoms with Gasteiger partial charge in [-0.3, -0.25) is 9.69 Å². The first-order valence-electron chi connectivity index (χ1n) is 10.8. The molecular weight excluding hydrogens is 450 g/mol. The number of ether oxygens (including phenoxy) is 2. The van der Waals surface area contributed by atoms with E-state index in [0.717, 1.165) is 0 Å². The summed E-state index contributed by atoms with van der Waals surface area (Å²) >= 11 is 0. The van der Waals surface area contributed by atoms with Crippen molar-refractivity contribution in [2.24, 2.45) is 5.73 Å². The monoisotopic (exact) mass is 475 g/mol. The molecule has 180 valence electrons. The van der Waals surface area contributed by atoms with Gasteiger partial charge in [-0.15, -0.1) is 0 Å². The molecular formula is C26H25N3O6. The number of allylic oxidation sites excluding steroid dienone is 1. The molecule has 1 atom stereocenters. The van der Waals surface area contributed by atoms with Gasteiger partial charge in [-0.05, 0) is 30.0 Å². The first-order chi connectivity index (χ1) is 16.8. The highest BCUT2D eigenvalue weighted by Crippen LogP contribution is 2.43. The third-order valence-corrected chi connectivity index (χ3v) is 5.68. The van der Waals surface area contributed by atoms with E-state index in [2.05, 4.69) is 6.07 Å². The van der Waals surface area contributed by atoms with Gasteiger partial charge in [0, 0.05) is 6.42 Å². The molecule has 2 aromatic rings. The third kappa shape index (κ3) is 5.01. The van der Waals surface area contributed by atoms with E-state index in [1.54, 1.807) is 54.6 Å². The summed E-state index contributed by atoms with van der Waals surface area (Å²) in [6.45, 7) is 0. The summed E-state index contributed by atoms with van der Waals surface area (Å²) in [5, 5.41) is 19.1. The Balaban J connectivity index is 2.32. The van der Waals surface area contributed by atoms with Gasteiger partial charge in [-0.25, -0.2) is 9.59 Å². The number of carbonyl (C=O) groups excluding carboxylic acids is 2. The molecule has 0 spiro atoms. The molecule has 1 heterocycles. The lowest BCUT2D eigenvalue weighted by molar-refractivity contribution is -0.139. The number of para-hydroxylation sites is 1. The number of aryl methyl sites for hydroxylation is 1. The van der Waals surface area contributed by atoms with Gasteiger partial charge in [-0.2, -0.15) is 5.26 Å². The van der Waals surface area contributed by atoms with Crippen molar-refractivity contribution in [3.63, 3.8) is 0 Å². The fourth-order valence-corrected chi connectivity index (χ4v) is 4.13. The van der Waals surface area contributed by atoms with E-state index in [1.165, 1.54) is 19.1 Å². The zero-order valence-electron chi connectivity index (χ0n) is 19.4. The predicted molar refractivity (Wildman–Crippen MR) is 127 cm³/mol. The number of nitriles is 1. The number of hydrogen-bond acceptors (Lipinski definition) is 8. The highest BCUT2D eigenvalue weighted by atomic mass is 16.5. The molecule has 0 saturated carbocycles. The number of carboxylic acids is 1. The van der Waals surface area contributed by atoms with Gasteiger partial charge >= 0.3 is 17.9 Å². The fraction of sp³-hybridized carbons (Fsp3) is 0.231. The summed E-state index contributed by atoms with van der Waals surface area (Å²) in [6.07, 6.45) is 0.646. The summed E-state index contributed by atoms with van der Waals surface area (Å²) in [6, 6.07) is 17.8. The van der Waals surface area contributed by atoms with Crippen LogP contribution in [0.2, 0.25) is 0 Å². The van der Waals surface area contributed by atoms with Crippen LogP contribution in [0.5, 0.6) is 0 Å². The number of hydrogen-bond donors (Lipinski definition) is 2. The summed E-state index contributed by atoms with van der Waals surface area (Å²) < 4.78 is 10.1. The first kappa shape index (κ1) is 25.1. The van der Waals surface area contributed by atoms with E-state index in [9.17, 15) is 19.6 Å². The Bertz CT molecular complexity index is 1240. The van der Waals surface area contributed by atoms with Gasteiger partial charge in [-0.1, -0.05) is 48.5 Å². The number of anilines is 1. The molecule has 0 saturated heterocycles. The summed E-state index contributed by atoms with van der Waals surface area (Å²) in [7, 11) is 2.36. The van der Waals surface area contributed by atoms with E-state index in [4.69, 9.17) is 20.3 Å². The van der Waals surface area contributed by atoms with Crippen LogP contribution in [0.15, 0.2) is 77.3 Å². The van der Waals surface area contributed by atoms with Crippen LogP contribution in [0, 0.1) is 11.3 Å². The highest BCUT2D eigenvalue weighted by Gasteiger charge is 2.43. The topological polar surface area (TPSA) is 143 Å². The van der Waals surface area contributed by atoms with Gasteiger partial charge in [0.2, 0.25) is 0 Å². The van der Waals surface area contributed by atoms with Crippen molar-refractivity contribution in [2.45, 2.75) is 25.2 Å². The number of aliphatic carboxylic acids is 1. The zero-order chi connectivity index (χ0) is 25.5. The molecule has 0 aliphatic carbocycles.